The lowest BCUT2D eigenvalue weighted by molar-refractivity contribution is 0.0696. The summed E-state index contributed by atoms with van der Waals surface area (Å²) >= 11 is 0. The normalized spacial score (nSPS) is 19.8. The van der Waals surface area contributed by atoms with E-state index in [1.54, 1.807) is 12.1 Å². The number of carbonyl (C=O) groups is 1. The lowest BCUT2D eigenvalue weighted by atomic mass is 10.2. The molecule has 1 aromatic heterocycles. The molecule has 1 saturated heterocycles. The molecule has 0 aliphatic carbocycles. The Morgan fingerprint density at radius 1 is 1.65 bits per heavy atom. The van der Waals surface area contributed by atoms with E-state index >= 15 is 0 Å². The monoisotopic (exact) mass is 236 g/mol. The number of hydrogen-bond acceptors (Lipinski definition) is 4. The first kappa shape index (κ1) is 12.0. The maximum absolute atomic E-state index is 10.7. The van der Waals surface area contributed by atoms with Crippen molar-refractivity contribution in [1.29, 1.82) is 0 Å². The molecule has 1 aliphatic heterocycles. The van der Waals surface area contributed by atoms with Gasteiger partial charge in [0.1, 0.15) is 0 Å². The third-order valence-electron chi connectivity index (χ3n) is 3.01. The zero-order valence-electron chi connectivity index (χ0n) is 9.80. The van der Waals surface area contributed by atoms with Crippen LogP contribution in [-0.4, -0.2) is 47.3 Å². The molecule has 0 spiro atoms. The molecule has 0 aromatic carbocycles. The molecule has 2 rings (SSSR count). The number of aromatic nitrogens is 1. The Morgan fingerprint density at radius 3 is 3.00 bits per heavy atom. The predicted octanol–water partition coefficient (Wildman–Crippen LogP) is 1.00. The van der Waals surface area contributed by atoms with Crippen molar-refractivity contribution in [3.8, 4) is 0 Å². The Morgan fingerprint density at radius 2 is 2.47 bits per heavy atom. The van der Waals surface area contributed by atoms with Crippen molar-refractivity contribution in [3.63, 3.8) is 0 Å². The van der Waals surface area contributed by atoms with Gasteiger partial charge in [-0.25, -0.2) is 4.79 Å². The Bertz CT molecular complexity index is 385. The maximum atomic E-state index is 10.7. The van der Waals surface area contributed by atoms with Gasteiger partial charge in [-0.05, 0) is 25.6 Å². The summed E-state index contributed by atoms with van der Waals surface area (Å²) in [7, 11) is 2.03. The molecule has 17 heavy (non-hydrogen) atoms. The van der Waals surface area contributed by atoms with Gasteiger partial charge >= 0.3 is 5.97 Å². The zero-order chi connectivity index (χ0) is 12.3. The third kappa shape index (κ3) is 3.01. The Kier molecular flexibility index (Phi) is 3.71. The number of aromatic carboxylic acids is 1. The highest BCUT2D eigenvalue weighted by Gasteiger charge is 2.20. The molecule has 1 N–H and O–H groups in total. The van der Waals surface area contributed by atoms with Crippen molar-refractivity contribution < 1.29 is 14.6 Å². The summed E-state index contributed by atoms with van der Waals surface area (Å²) in [6, 6.07) is 3.79. The molecule has 0 bridgehead atoms. The average molecular weight is 236 g/mol. The SMILES string of the molecule is CN(Cc1ccc(C(=O)O)cn1)C1CCOC1. The number of carboxylic acid groups (broad SMARTS) is 1. The van der Waals surface area contributed by atoms with Crippen molar-refractivity contribution in [2.45, 2.75) is 19.0 Å². The van der Waals surface area contributed by atoms with Crippen LogP contribution in [0.4, 0.5) is 0 Å². The van der Waals surface area contributed by atoms with E-state index in [9.17, 15) is 4.79 Å². The van der Waals surface area contributed by atoms with E-state index in [1.165, 1.54) is 6.20 Å². The number of ether oxygens (including phenoxy) is 1. The first-order chi connectivity index (χ1) is 8.16. The predicted molar refractivity (Wildman–Crippen MR) is 61.9 cm³/mol. The smallest absolute Gasteiger partial charge is 0.337 e. The van der Waals surface area contributed by atoms with Crippen molar-refractivity contribution in [1.82, 2.24) is 9.88 Å². The van der Waals surface area contributed by atoms with Crippen molar-refractivity contribution >= 4 is 5.97 Å². The highest BCUT2D eigenvalue weighted by Crippen LogP contribution is 2.13. The Balaban J connectivity index is 1.96. The number of nitrogens with zero attached hydrogens (tertiary/aromatic N) is 2. The van der Waals surface area contributed by atoms with Gasteiger partial charge in [0.15, 0.2) is 0 Å². The fourth-order valence-electron chi connectivity index (χ4n) is 1.90. The molecule has 5 heteroatoms. The fraction of sp³-hybridized carbons (Fsp3) is 0.500. The molecular formula is C12H16N2O3. The molecule has 1 aliphatic rings. The summed E-state index contributed by atoms with van der Waals surface area (Å²) in [4.78, 5) is 17.0. The van der Waals surface area contributed by atoms with E-state index in [2.05, 4.69) is 9.88 Å². The second kappa shape index (κ2) is 5.25. The van der Waals surface area contributed by atoms with Gasteiger partial charge in [0.2, 0.25) is 0 Å². The minimum atomic E-state index is -0.943. The van der Waals surface area contributed by atoms with Crippen LogP contribution in [0.2, 0.25) is 0 Å². The van der Waals surface area contributed by atoms with E-state index in [0.29, 0.717) is 12.6 Å². The van der Waals surface area contributed by atoms with E-state index in [1.807, 2.05) is 7.05 Å². The summed E-state index contributed by atoms with van der Waals surface area (Å²) in [5, 5.41) is 8.76. The highest BCUT2D eigenvalue weighted by atomic mass is 16.5. The number of carboxylic acids is 1. The summed E-state index contributed by atoms with van der Waals surface area (Å²) in [5.74, 6) is -0.943. The van der Waals surface area contributed by atoms with Gasteiger partial charge in [-0.15, -0.1) is 0 Å². The van der Waals surface area contributed by atoms with Gasteiger partial charge in [-0.2, -0.15) is 0 Å². The summed E-state index contributed by atoms with van der Waals surface area (Å²) < 4.78 is 5.33. The molecule has 0 saturated carbocycles. The van der Waals surface area contributed by atoms with Crippen LogP contribution in [0.5, 0.6) is 0 Å². The van der Waals surface area contributed by atoms with Gasteiger partial charge in [-0.1, -0.05) is 0 Å². The number of hydrogen-bond donors (Lipinski definition) is 1. The van der Waals surface area contributed by atoms with E-state index in [-0.39, 0.29) is 5.56 Å². The molecule has 1 aromatic rings. The molecule has 92 valence electrons. The first-order valence-electron chi connectivity index (χ1n) is 5.63. The summed E-state index contributed by atoms with van der Waals surface area (Å²) in [6.45, 7) is 2.30. The van der Waals surface area contributed by atoms with Gasteiger partial charge < -0.3 is 9.84 Å². The largest absolute Gasteiger partial charge is 0.478 e. The molecular weight excluding hydrogens is 220 g/mol. The topological polar surface area (TPSA) is 62.7 Å². The quantitative estimate of drug-likeness (QED) is 0.845. The van der Waals surface area contributed by atoms with Gasteiger partial charge in [0.25, 0.3) is 0 Å². The molecule has 0 amide bonds. The summed E-state index contributed by atoms with van der Waals surface area (Å²) in [6.07, 6.45) is 2.44. The standard InChI is InChI=1S/C12H16N2O3/c1-14(11-4-5-17-8-11)7-10-3-2-9(6-13-10)12(15)16/h2-3,6,11H,4-5,7-8H2,1H3,(H,15,16). The lowest BCUT2D eigenvalue weighted by Gasteiger charge is -2.22. The third-order valence-corrected chi connectivity index (χ3v) is 3.01. The molecule has 1 fully saturated rings. The van der Waals surface area contributed by atoms with Crippen LogP contribution >= 0.6 is 0 Å². The average Bonchev–Trinajstić information content (AvgIpc) is 2.83. The first-order valence-corrected chi connectivity index (χ1v) is 5.63. The van der Waals surface area contributed by atoms with Crippen LogP contribution in [0.25, 0.3) is 0 Å². The van der Waals surface area contributed by atoms with Crippen LogP contribution in [0.1, 0.15) is 22.5 Å². The fourth-order valence-corrected chi connectivity index (χ4v) is 1.90. The van der Waals surface area contributed by atoms with Crippen LogP contribution in [0.15, 0.2) is 18.3 Å². The second-order valence-electron chi connectivity index (χ2n) is 4.28. The Labute approximate surface area is 100 Å². The number of rotatable bonds is 4. The van der Waals surface area contributed by atoms with E-state index in [4.69, 9.17) is 9.84 Å². The molecule has 1 unspecified atom stereocenters. The zero-order valence-corrected chi connectivity index (χ0v) is 9.80. The number of pyridine rings is 1. The van der Waals surface area contributed by atoms with Crippen molar-refractivity contribution in [2.24, 2.45) is 0 Å². The summed E-state index contributed by atoms with van der Waals surface area (Å²) in [5.41, 5.74) is 1.10. The van der Waals surface area contributed by atoms with Crippen LogP contribution in [-0.2, 0) is 11.3 Å². The van der Waals surface area contributed by atoms with Gasteiger partial charge in [0.05, 0.1) is 17.9 Å². The minimum absolute atomic E-state index is 0.223. The van der Waals surface area contributed by atoms with Gasteiger partial charge in [0, 0.05) is 25.4 Å². The maximum Gasteiger partial charge on any atom is 0.337 e. The van der Waals surface area contributed by atoms with Crippen LogP contribution < -0.4 is 0 Å². The van der Waals surface area contributed by atoms with E-state index in [0.717, 1.165) is 25.3 Å². The second-order valence-corrected chi connectivity index (χ2v) is 4.28. The van der Waals surface area contributed by atoms with Crippen molar-refractivity contribution in [2.75, 3.05) is 20.3 Å². The van der Waals surface area contributed by atoms with Crippen LogP contribution in [0, 0.1) is 0 Å². The molecule has 1 atom stereocenters. The van der Waals surface area contributed by atoms with Crippen molar-refractivity contribution in [3.05, 3.63) is 29.6 Å². The highest BCUT2D eigenvalue weighted by molar-refractivity contribution is 5.87. The lowest BCUT2D eigenvalue weighted by Crippen LogP contribution is -2.31. The van der Waals surface area contributed by atoms with Gasteiger partial charge in [-0.3, -0.25) is 9.88 Å². The minimum Gasteiger partial charge on any atom is -0.478 e. The molecule has 2 heterocycles. The van der Waals surface area contributed by atoms with Crippen LogP contribution in [0.3, 0.4) is 0 Å². The molecule has 0 radical (unpaired) electrons. The molecule has 5 nitrogen and oxygen atoms in total. The van der Waals surface area contributed by atoms with E-state index < -0.39 is 5.97 Å². The number of likely N-dealkylation sites (N-methyl/N-ethyl adjacent to an activating group) is 1. The Hall–Kier alpha value is -1.46.